The Morgan fingerprint density at radius 1 is 1.17 bits per heavy atom. The molecule has 1 aliphatic rings. The first kappa shape index (κ1) is 12.3. The van der Waals surface area contributed by atoms with Gasteiger partial charge < -0.3 is 9.47 Å². The van der Waals surface area contributed by atoms with Crippen LogP contribution < -0.4 is 0 Å². The first-order valence-electron chi connectivity index (χ1n) is 6.23. The van der Waals surface area contributed by atoms with Gasteiger partial charge in [0.15, 0.2) is 3.95 Å². The Morgan fingerprint density at radius 2 is 1.89 bits per heavy atom. The van der Waals surface area contributed by atoms with Crippen molar-refractivity contribution >= 4 is 33.8 Å². The molecule has 3 rings (SSSR count). The molecule has 18 heavy (non-hydrogen) atoms. The molecular weight excluding hydrogens is 262 g/mol. The fourth-order valence-electron chi connectivity index (χ4n) is 2.34. The zero-order chi connectivity index (χ0) is 12.5. The SMILES string of the molecule is CN1CCN(Cn2c(=S)sc3ccccc32)CC1. The molecule has 5 heteroatoms. The van der Waals surface area contributed by atoms with Crippen molar-refractivity contribution in [1.29, 1.82) is 0 Å². The van der Waals surface area contributed by atoms with E-state index in [0.29, 0.717) is 0 Å². The topological polar surface area (TPSA) is 11.4 Å². The van der Waals surface area contributed by atoms with Gasteiger partial charge in [-0.15, -0.1) is 11.3 Å². The van der Waals surface area contributed by atoms with Gasteiger partial charge in [-0.3, -0.25) is 4.90 Å². The van der Waals surface area contributed by atoms with Crippen molar-refractivity contribution in [3.63, 3.8) is 0 Å². The molecule has 1 fully saturated rings. The van der Waals surface area contributed by atoms with Crippen molar-refractivity contribution in [2.45, 2.75) is 6.67 Å². The van der Waals surface area contributed by atoms with E-state index < -0.39 is 0 Å². The van der Waals surface area contributed by atoms with E-state index in [-0.39, 0.29) is 0 Å². The minimum atomic E-state index is 0.927. The zero-order valence-corrected chi connectivity index (χ0v) is 12.1. The molecule has 0 N–H and O–H groups in total. The van der Waals surface area contributed by atoms with Crippen LogP contribution in [-0.2, 0) is 6.67 Å². The normalized spacial score (nSPS) is 18.5. The second kappa shape index (κ2) is 5.09. The highest BCUT2D eigenvalue weighted by Crippen LogP contribution is 2.23. The number of para-hydroxylation sites is 1. The molecule has 96 valence electrons. The van der Waals surface area contributed by atoms with E-state index in [0.717, 1.165) is 36.8 Å². The summed E-state index contributed by atoms with van der Waals surface area (Å²) in [4.78, 5) is 4.86. The largest absolute Gasteiger partial charge is 0.309 e. The van der Waals surface area contributed by atoms with Crippen LogP contribution in [0.15, 0.2) is 24.3 Å². The summed E-state index contributed by atoms with van der Waals surface area (Å²) in [6.07, 6.45) is 0. The molecule has 0 saturated carbocycles. The Labute approximate surface area is 116 Å². The number of likely N-dealkylation sites (N-methyl/N-ethyl adjacent to an activating group) is 1. The number of aromatic nitrogens is 1. The highest BCUT2D eigenvalue weighted by Gasteiger charge is 2.15. The van der Waals surface area contributed by atoms with Gasteiger partial charge in [0.1, 0.15) is 0 Å². The van der Waals surface area contributed by atoms with Crippen LogP contribution in [0.2, 0.25) is 0 Å². The minimum absolute atomic E-state index is 0.927. The quantitative estimate of drug-likeness (QED) is 0.784. The summed E-state index contributed by atoms with van der Waals surface area (Å²) in [5, 5.41) is 0. The lowest BCUT2D eigenvalue weighted by molar-refractivity contribution is 0.126. The molecule has 0 spiro atoms. The van der Waals surface area contributed by atoms with Crippen molar-refractivity contribution in [3.8, 4) is 0 Å². The number of hydrogen-bond donors (Lipinski definition) is 0. The second-order valence-corrected chi connectivity index (χ2v) is 6.50. The fourth-order valence-corrected chi connectivity index (χ4v) is 3.65. The third kappa shape index (κ3) is 2.36. The summed E-state index contributed by atoms with van der Waals surface area (Å²) in [5.74, 6) is 0. The van der Waals surface area contributed by atoms with E-state index in [1.165, 1.54) is 10.2 Å². The van der Waals surface area contributed by atoms with E-state index in [2.05, 4.69) is 45.7 Å². The van der Waals surface area contributed by atoms with Gasteiger partial charge in [-0.05, 0) is 31.4 Å². The summed E-state index contributed by atoms with van der Waals surface area (Å²) in [6.45, 7) is 5.48. The lowest BCUT2D eigenvalue weighted by Crippen LogP contribution is -2.44. The molecule has 0 radical (unpaired) electrons. The average Bonchev–Trinajstić information content (AvgIpc) is 2.69. The van der Waals surface area contributed by atoms with E-state index in [1.54, 1.807) is 11.3 Å². The Balaban J connectivity index is 1.86. The van der Waals surface area contributed by atoms with Crippen LogP contribution in [0.3, 0.4) is 0 Å². The van der Waals surface area contributed by atoms with E-state index in [1.807, 2.05) is 0 Å². The van der Waals surface area contributed by atoms with Crippen molar-refractivity contribution in [2.75, 3.05) is 33.2 Å². The van der Waals surface area contributed by atoms with E-state index >= 15 is 0 Å². The third-order valence-corrected chi connectivity index (χ3v) is 4.94. The minimum Gasteiger partial charge on any atom is -0.309 e. The molecular formula is C13H17N3S2. The van der Waals surface area contributed by atoms with E-state index in [9.17, 15) is 0 Å². The molecule has 0 unspecified atom stereocenters. The Bertz CT molecular complexity index is 594. The standard InChI is InChI=1S/C13H17N3S2/c1-14-6-8-15(9-7-14)10-16-11-4-2-3-5-12(11)18-13(16)17/h2-5H,6-10H2,1H3. The predicted molar refractivity (Wildman–Crippen MR) is 79.7 cm³/mol. The Kier molecular flexibility index (Phi) is 3.48. The first-order valence-corrected chi connectivity index (χ1v) is 7.46. The molecule has 1 aliphatic heterocycles. The highest BCUT2D eigenvalue weighted by molar-refractivity contribution is 7.73. The lowest BCUT2D eigenvalue weighted by atomic mass is 10.3. The summed E-state index contributed by atoms with van der Waals surface area (Å²) in [6, 6.07) is 8.48. The van der Waals surface area contributed by atoms with Crippen LogP contribution in [0.4, 0.5) is 0 Å². The number of hydrogen-bond acceptors (Lipinski definition) is 4. The van der Waals surface area contributed by atoms with Crippen LogP contribution in [-0.4, -0.2) is 47.6 Å². The van der Waals surface area contributed by atoms with Gasteiger partial charge in [-0.2, -0.15) is 0 Å². The molecule has 0 atom stereocenters. The van der Waals surface area contributed by atoms with Crippen LogP contribution in [0.1, 0.15) is 0 Å². The number of benzene rings is 1. The van der Waals surface area contributed by atoms with Gasteiger partial charge in [0.2, 0.25) is 0 Å². The molecule has 1 aromatic carbocycles. The predicted octanol–water partition coefficient (Wildman–Crippen LogP) is 2.64. The summed E-state index contributed by atoms with van der Waals surface area (Å²) in [5.41, 5.74) is 1.27. The van der Waals surface area contributed by atoms with Crippen molar-refractivity contribution in [2.24, 2.45) is 0 Å². The molecule has 0 aliphatic carbocycles. The monoisotopic (exact) mass is 279 g/mol. The van der Waals surface area contributed by atoms with Crippen molar-refractivity contribution in [3.05, 3.63) is 28.2 Å². The Hall–Kier alpha value is -0.750. The fraction of sp³-hybridized carbons (Fsp3) is 0.462. The average molecular weight is 279 g/mol. The maximum absolute atomic E-state index is 5.49. The smallest absolute Gasteiger partial charge is 0.163 e. The Morgan fingerprint density at radius 3 is 2.67 bits per heavy atom. The molecule has 1 saturated heterocycles. The molecule has 2 aromatic rings. The highest BCUT2D eigenvalue weighted by atomic mass is 32.1. The summed E-state index contributed by atoms with van der Waals surface area (Å²) in [7, 11) is 2.18. The summed E-state index contributed by atoms with van der Waals surface area (Å²) < 4.78 is 4.53. The first-order chi connectivity index (χ1) is 8.74. The maximum atomic E-state index is 5.49. The number of thiazole rings is 1. The molecule has 2 heterocycles. The van der Waals surface area contributed by atoms with Gasteiger partial charge in [0.05, 0.1) is 16.9 Å². The van der Waals surface area contributed by atoms with Gasteiger partial charge in [0, 0.05) is 26.2 Å². The van der Waals surface area contributed by atoms with E-state index in [4.69, 9.17) is 12.2 Å². The second-order valence-electron chi connectivity index (χ2n) is 4.83. The van der Waals surface area contributed by atoms with Gasteiger partial charge in [-0.1, -0.05) is 12.1 Å². The molecule has 1 aromatic heterocycles. The van der Waals surface area contributed by atoms with Gasteiger partial charge in [0.25, 0.3) is 0 Å². The van der Waals surface area contributed by atoms with Crippen molar-refractivity contribution < 1.29 is 0 Å². The van der Waals surface area contributed by atoms with Crippen LogP contribution in [0, 0.1) is 3.95 Å². The number of nitrogens with zero attached hydrogens (tertiary/aromatic N) is 3. The van der Waals surface area contributed by atoms with Crippen LogP contribution in [0.5, 0.6) is 0 Å². The zero-order valence-electron chi connectivity index (χ0n) is 10.5. The van der Waals surface area contributed by atoms with Crippen LogP contribution in [0.25, 0.3) is 10.2 Å². The van der Waals surface area contributed by atoms with Crippen molar-refractivity contribution in [1.82, 2.24) is 14.4 Å². The lowest BCUT2D eigenvalue weighted by Gasteiger charge is -2.32. The molecule has 0 bridgehead atoms. The van der Waals surface area contributed by atoms with Crippen LogP contribution >= 0.6 is 23.6 Å². The maximum Gasteiger partial charge on any atom is 0.163 e. The van der Waals surface area contributed by atoms with Gasteiger partial charge in [-0.25, -0.2) is 0 Å². The number of piperazine rings is 1. The third-order valence-electron chi connectivity index (χ3n) is 3.51. The van der Waals surface area contributed by atoms with Gasteiger partial charge >= 0.3 is 0 Å². The molecule has 3 nitrogen and oxygen atoms in total. The number of fused-ring (bicyclic) bond motifs is 1. The number of rotatable bonds is 2. The summed E-state index contributed by atoms with van der Waals surface area (Å²) >= 11 is 7.20. The molecule has 0 amide bonds.